The summed E-state index contributed by atoms with van der Waals surface area (Å²) >= 11 is 0. The van der Waals surface area contributed by atoms with E-state index >= 15 is 0 Å². The smallest absolute Gasteiger partial charge is 0.146 e. The molecule has 0 aromatic carbocycles. The minimum Gasteiger partial charge on any atom is -0.307 e. The van der Waals surface area contributed by atoms with Crippen molar-refractivity contribution in [1.29, 1.82) is 0 Å². The van der Waals surface area contributed by atoms with Gasteiger partial charge in [-0.05, 0) is 58.5 Å². The van der Waals surface area contributed by atoms with E-state index in [0.717, 1.165) is 25.1 Å². The van der Waals surface area contributed by atoms with Gasteiger partial charge in [0.2, 0.25) is 0 Å². The van der Waals surface area contributed by atoms with E-state index in [1.165, 1.54) is 17.7 Å². The average molecular weight is 286 g/mol. The molecule has 0 aromatic rings. The summed E-state index contributed by atoms with van der Waals surface area (Å²) in [6.07, 6.45) is 12.7. The fraction of sp³-hybridized carbons (Fsp3) is 0.529. The summed E-state index contributed by atoms with van der Waals surface area (Å²) in [6.45, 7) is 3.75. The number of rotatable bonds is 6. The van der Waals surface area contributed by atoms with E-state index in [9.17, 15) is 0 Å². The predicted molar refractivity (Wildman–Crippen MR) is 91.1 cm³/mol. The lowest BCUT2D eigenvalue weighted by atomic mass is 10.1. The fourth-order valence-corrected chi connectivity index (χ4v) is 2.61. The molecule has 0 amide bonds. The van der Waals surface area contributed by atoms with Crippen LogP contribution in [0.2, 0.25) is 0 Å². The molecule has 4 nitrogen and oxygen atoms in total. The second-order valence-electron chi connectivity index (χ2n) is 5.69. The van der Waals surface area contributed by atoms with Crippen LogP contribution in [0.5, 0.6) is 0 Å². The van der Waals surface area contributed by atoms with Crippen LogP contribution in [0.15, 0.2) is 46.4 Å². The molecule has 2 aliphatic rings. The first-order valence-corrected chi connectivity index (χ1v) is 7.63. The zero-order chi connectivity index (χ0) is 15.2. The van der Waals surface area contributed by atoms with Gasteiger partial charge in [0.1, 0.15) is 12.0 Å². The maximum absolute atomic E-state index is 4.85. The fourth-order valence-electron chi connectivity index (χ4n) is 2.61. The number of fused-ring (bicyclic) bond motifs is 1. The van der Waals surface area contributed by atoms with E-state index in [4.69, 9.17) is 9.98 Å². The molecule has 0 saturated heterocycles. The lowest BCUT2D eigenvalue weighted by Crippen LogP contribution is -2.34. The van der Waals surface area contributed by atoms with Crippen molar-refractivity contribution in [3.05, 3.63) is 36.5 Å². The quantitative estimate of drug-likeness (QED) is 0.762. The summed E-state index contributed by atoms with van der Waals surface area (Å²) in [5, 5.41) is 3.30. The minimum absolute atomic E-state index is 0.0493. The van der Waals surface area contributed by atoms with Gasteiger partial charge < -0.3 is 5.32 Å². The average Bonchev–Trinajstić information content (AvgIpc) is 2.81. The van der Waals surface area contributed by atoms with Gasteiger partial charge in [0.05, 0.1) is 6.04 Å². The number of nitrogens with one attached hydrogen (secondary N) is 1. The van der Waals surface area contributed by atoms with Gasteiger partial charge in [0.15, 0.2) is 0 Å². The van der Waals surface area contributed by atoms with Crippen molar-refractivity contribution in [1.82, 2.24) is 10.2 Å². The van der Waals surface area contributed by atoms with Crippen LogP contribution >= 0.6 is 0 Å². The molecule has 1 aliphatic heterocycles. The van der Waals surface area contributed by atoms with Crippen LogP contribution in [-0.4, -0.2) is 49.8 Å². The number of aliphatic imine (C=N–C) groups is 2. The Labute approximate surface area is 128 Å². The number of hydrogen-bond donors (Lipinski definition) is 1. The molecule has 4 heteroatoms. The predicted octanol–water partition coefficient (Wildman–Crippen LogP) is 2.56. The molecule has 2 rings (SSSR count). The molecule has 2 unspecified atom stereocenters. The molecule has 0 spiro atoms. The molecule has 114 valence electrons. The van der Waals surface area contributed by atoms with Gasteiger partial charge in [-0.1, -0.05) is 18.2 Å². The van der Waals surface area contributed by atoms with Gasteiger partial charge in [0.25, 0.3) is 0 Å². The minimum atomic E-state index is 0.0493. The zero-order valence-corrected chi connectivity index (χ0v) is 13.3. The van der Waals surface area contributed by atoms with Crippen LogP contribution in [0.25, 0.3) is 0 Å². The Morgan fingerprint density at radius 2 is 2.29 bits per heavy atom. The van der Waals surface area contributed by atoms with Crippen molar-refractivity contribution in [2.45, 2.75) is 37.9 Å². The highest BCUT2D eigenvalue weighted by Crippen LogP contribution is 2.25. The Kier molecular flexibility index (Phi) is 5.65. The van der Waals surface area contributed by atoms with Crippen molar-refractivity contribution in [3.63, 3.8) is 0 Å². The Balaban J connectivity index is 2.30. The SMILES string of the molecule is C=CCC=CC(NC)C1=NC(N(C)C)C=C2CCCC2=N1. The second-order valence-corrected chi connectivity index (χ2v) is 5.69. The van der Waals surface area contributed by atoms with Crippen molar-refractivity contribution >= 4 is 11.5 Å². The molecule has 1 aliphatic carbocycles. The molecular weight excluding hydrogens is 260 g/mol. The van der Waals surface area contributed by atoms with Crippen molar-refractivity contribution in [2.75, 3.05) is 21.1 Å². The van der Waals surface area contributed by atoms with Crippen molar-refractivity contribution in [2.24, 2.45) is 9.98 Å². The Morgan fingerprint density at radius 1 is 1.48 bits per heavy atom. The van der Waals surface area contributed by atoms with Crippen molar-refractivity contribution < 1.29 is 0 Å². The first kappa shape index (κ1) is 15.9. The number of allylic oxidation sites excluding steroid dienone is 3. The van der Waals surface area contributed by atoms with E-state index in [-0.39, 0.29) is 12.2 Å². The monoisotopic (exact) mass is 286 g/mol. The maximum atomic E-state index is 4.85. The van der Waals surface area contributed by atoms with Crippen LogP contribution in [0, 0.1) is 0 Å². The van der Waals surface area contributed by atoms with Crippen LogP contribution in [0.3, 0.4) is 0 Å². The third kappa shape index (κ3) is 3.99. The summed E-state index contributed by atoms with van der Waals surface area (Å²) in [6, 6.07) is 0.0493. The highest BCUT2D eigenvalue weighted by Gasteiger charge is 2.24. The summed E-state index contributed by atoms with van der Waals surface area (Å²) in [5.41, 5.74) is 2.59. The molecule has 2 atom stereocenters. The van der Waals surface area contributed by atoms with Crippen LogP contribution < -0.4 is 5.32 Å². The van der Waals surface area contributed by atoms with Gasteiger partial charge in [-0.15, -0.1) is 6.58 Å². The van der Waals surface area contributed by atoms with Crippen LogP contribution in [-0.2, 0) is 0 Å². The van der Waals surface area contributed by atoms with E-state index < -0.39 is 0 Å². The van der Waals surface area contributed by atoms with Crippen LogP contribution in [0.1, 0.15) is 25.7 Å². The molecule has 1 heterocycles. The van der Waals surface area contributed by atoms with E-state index in [1.54, 1.807) is 0 Å². The topological polar surface area (TPSA) is 40.0 Å². The van der Waals surface area contributed by atoms with Crippen LogP contribution in [0.4, 0.5) is 0 Å². The molecule has 0 aromatic heterocycles. The largest absolute Gasteiger partial charge is 0.307 e. The summed E-state index contributed by atoms with van der Waals surface area (Å²) in [7, 11) is 6.07. The Hall–Kier alpha value is -1.52. The lowest BCUT2D eigenvalue weighted by molar-refractivity contribution is 0.352. The standard InChI is InChI=1S/C17H26N4/c1-5-6-7-10-15(18-2)17-19-14-11-8-9-13(14)12-16(20-17)21(3)4/h5,7,10,12,15-16,18H,1,6,8-9,11H2,2-4H3. The van der Waals surface area contributed by atoms with Gasteiger partial charge in [-0.2, -0.15) is 0 Å². The first-order valence-electron chi connectivity index (χ1n) is 7.63. The van der Waals surface area contributed by atoms with E-state index in [1.807, 2.05) is 13.1 Å². The van der Waals surface area contributed by atoms with Gasteiger partial charge >= 0.3 is 0 Å². The zero-order valence-electron chi connectivity index (χ0n) is 13.3. The number of hydrogen-bond acceptors (Lipinski definition) is 4. The number of nitrogens with zero attached hydrogens (tertiary/aromatic N) is 3. The van der Waals surface area contributed by atoms with Crippen molar-refractivity contribution in [3.8, 4) is 0 Å². The number of amidine groups is 1. The molecular formula is C17H26N4. The Bertz CT molecular complexity index is 497. The second kappa shape index (κ2) is 7.48. The lowest BCUT2D eigenvalue weighted by Gasteiger charge is -2.19. The highest BCUT2D eigenvalue weighted by molar-refractivity contribution is 6.10. The third-order valence-electron chi connectivity index (χ3n) is 3.84. The van der Waals surface area contributed by atoms with Gasteiger partial charge in [-0.25, -0.2) is 9.98 Å². The van der Waals surface area contributed by atoms with Gasteiger partial charge in [0, 0.05) is 5.71 Å². The molecule has 1 fully saturated rings. The molecule has 1 saturated carbocycles. The van der Waals surface area contributed by atoms with E-state index in [2.05, 4.69) is 49.1 Å². The third-order valence-corrected chi connectivity index (χ3v) is 3.84. The summed E-state index contributed by atoms with van der Waals surface area (Å²) in [4.78, 5) is 11.8. The molecule has 0 bridgehead atoms. The molecule has 1 N–H and O–H groups in total. The number of likely N-dealkylation sites (N-methyl/N-ethyl adjacent to an activating group) is 2. The highest BCUT2D eigenvalue weighted by atomic mass is 15.2. The summed E-state index contributed by atoms with van der Waals surface area (Å²) in [5.74, 6) is 0.875. The van der Waals surface area contributed by atoms with Gasteiger partial charge in [-0.3, -0.25) is 4.90 Å². The molecule has 0 radical (unpaired) electrons. The normalized spacial score (nSPS) is 23.4. The summed E-state index contributed by atoms with van der Waals surface area (Å²) < 4.78 is 0. The first-order chi connectivity index (χ1) is 10.2. The molecule has 21 heavy (non-hydrogen) atoms. The Morgan fingerprint density at radius 3 is 2.95 bits per heavy atom. The van der Waals surface area contributed by atoms with E-state index in [0.29, 0.717) is 0 Å². The maximum Gasteiger partial charge on any atom is 0.146 e.